The normalized spacial score (nSPS) is 12.6. The highest BCUT2D eigenvalue weighted by atomic mass is 79.9. The summed E-state index contributed by atoms with van der Waals surface area (Å²) in [5, 5.41) is 3.44. The summed E-state index contributed by atoms with van der Waals surface area (Å²) in [5.74, 6) is 1.93. The molecule has 0 amide bonds. The third-order valence-electron chi connectivity index (χ3n) is 3.21. The van der Waals surface area contributed by atoms with Gasteiger partial charge in [0.05, 0.1) is 6.04 Å². The minimum absolute atomic E-state index is 0.254. The van der Waals surface area contributed by atoms with Gasteiger partial charge in [0, 0.05) is 10.0 Å². The maximum Gasteiger partial charge on any atom is 0.134 e. The van der Waals surface area contributed by atoms with Crippen LogP contribution in [0.3, 0.4) is 0 Å². The number of hydrogen-bond donors (Lipinski definition) is 1. The molecule has 0 aliphatic carbocycles. The summed E-state index contributed by atoms with van der Waals surface area (Å²) in [7, 11) is 0. The quantitative estimate of drug-likeness (QED) is 0.830. The molecule has 2 aromatic rings. The average Bonchev–Trinajstić information content (AvgIpc) is 2.85. The molecular formula is C16H20BrNO. The lowest BCUT2D eigenvalue weighted by molar-refractivity contribution is 0.438. The van der Waals surface area contributed by atoms with Crippen LogP contribution in [0.25, 0.3) is 11.3 Å². The van der Waals surface area contributed by atoms with Crippen LogP contribution in [0.1, 0.15) is 37.6 Å². The Labute approximate surface area is 123 Å². The summed E-state index contributed by atoms with van der Waals surface area (Å²) in [5.41, 5.74) is 2.36. The van der Waals surface area contributed by atoms with Crippen LogP contribution < -0.4 is 5.32 Å². The number of hydrogen-bond acceptors (Lipinski definition) is 2. The Bertz CT molecular complexity index is 547. The van der Waals surface area contributed by atoms with Crippen LogP contribution in [0.15, 0.2) is 39.2 Å². The van der Waals surface area contributed by atoms with Crippen molar-refractivity contribution >= 4 is 15.9 Å². The third kappa shape index (κ3) is 3.48. The van der Waals surface area contributed by atoms with Crippen LogP contribution in [0.4, 0.5) is 0 Å². The van der Waals surface area contributed by atoms with E-state index in [2.05, 4.69) is 66.3 Å². The van der Waals surface area contributed by atoms with Gasteiger partial charge in [0.2, 0.25) is 0 Å². The van der Waals surface area contributed by atoms with E-state index in [9.17, 15) is 0 Å². The van der Waals surface area contributed by atoms with E-state index < -0.39 is 0 Å². The zero-order valence-corrected chi connectivity index (χ0v) is 13.3. The maximum atomic E-state index is 5.97. The predicted molar refractivity (Wildman–Crippen MR) is 83.3 cm³/mol. The Morgan fingerprint density at radius 3 is 2.74 bits per heavy atom. The zero-order chi connectivity index (χ0) is 13.8. The number of furan rings is 1. The molecule has 3 heteroatoms. The highest BCUT2D eigenvalue weighted by Gasteiger charge is 2.12. The number of halogens is 1. The summed E-state index contributed by atoms with van der Waals surface area (Å²) in [4.78, 5) is 0. The van der Waals surface area contributed by atoms with Gasteiger partial charge < -0.3 is 9.73 Å². The van der Waals surface area contributed by atoms with Gasteiger partial charge in [0.15, 0.2) is 0 Å². The van der Waals surface area contributed by atoms with E-state index in [4.69, 9.17) is 4.42 Å². The summed E-state index contributed by atoms with van der Waals surface area (Å²) in [6.45, 7) is 7.40. The molecule has 0 spiro atoms. The number of nitrogens with one attached hydrogen (secondary N) is 1. The molecule has 19 heavy (non-hydrogen) atoms. The lowest BCUT2D eigenvalue weighted by Crippen LogP contribution is -2.18. The van der Waals surface area contributed by atoms with Crippen molar-refractivity contribution in [1.29, 1.82) is 0 Å². The Balaban J connectivity index is 2.20. The lowest BCUT2D eigenvalue weighted by atomic mass is 10.1. The Hall–Kier alpha value is -1.06. The average molecular weight is 322 g/mol. The van der Waals surface area contributed by atoms with Gasteiger partial charge in [-0.3, -0.25) is 0 Å². The summed E-state index contributed by atoms with van der Waals surface area (Å²) >= 11 is 3.49. The molecule has 2 nitrogen and oxygen atoms in total. The van der Waals surface area contributed by atoms with Gasteiger partial charge in [0.25, 0.3) is 0 Å². The Morgan fingerprint density at radius 1 is 1.26 bits per heavy atom. The number of rotatable bonds is 5. The Kier molecular flexibility index (Phi) is 4.83. The molecule has 0 radical (unpaired) electrons. The number of aryl methyl sites for hydroxylation is 1. The first-order valence-corrected chi connectivity index (χ1v) is 7.50. The van der Waals surface area contributed by atoms with Crippen LogP contribution in [0.5, 0.6) is 0 Å². The van der Waals surface area contributed by atoms with Crippen molar-refractivity contribution in [3.05, 3.63) is 46.1 Å². The molecule has 1 aromatic heterocycles. The SMILES string of the molecule is CCCNC(C)c1ccc(-c2ccc(Br)cc2C)o1. The van der Waals surface area contributed by atoms with Crippen LogP contribution in [0, 0.1) is 6.92 Å². The molecule has 0 aliphatic rings. The van der Waals surface area contributed by atoms with E-state index >= 15 is 0 Å². The van der Waals surface area contributed by atoms with Crippen LogP contribution in [-0.4, -0.2) is 6.54 Å². The van der Waals surface area contributed by atoms with Crippen molar-refractivity contribution in [3.8, 4) is 11.3 Å². The molecule has 0 bridgehead atoms. The van der Waals surface area contributed by atoms with E-state index in [1.54, 1.807) is 0 Å². The molecule has 0 fully saturated rings. The highest BCUT2D eigenvalue weighted by Crippen LogP contribution is 2.29. The van der Waals surface area contributed by atoms with Gasteiger partial charge in [-0.25, -0.2) is 0 Å². The molecule has 0 saturated carbocycles. The molecule has 1 unspecified atom stereocenters. The first kappa shape index (κ1) is 14.4. The van der Waals surface area contributed by atoms with E-state index in [-0.39, 0.29) is 6.04 Å². The maximum absolute atomic E-state index is 5.97. The van der Waals surface area contributed by atoms with Gasteiger partial charge in [-0.1, -0.05) is 22.9 Å². The fourth-order valence-corrected chi connectivity index (χ4v) is 2.57. The van der Waals surface area contributed by atoms with Crippen molar-refractivity contribution < 1.29 is 4.42 Å². The van der Waals surface area contributed by atoms with Gasteiger partial charge in [-0.05, 0) is 62.7 Å². The first-order valence-electron chi connectivity index (χ1n) is 6.71. The standard InChI is InChI=1S/C16H20BrNO/c1-4-9-18-12(3)15-7-8-16(19-15)14-6-5-13(17)10-11(14)2/h5-8,10,12,18H,4,9H2,1-3H3. The third-order valence-corrected chi connectivity index (χ3v) is 3.70. The molecule has 0 aliphatic heterocycles. The number of benzene rings is 1. The molecule has 1 heterocycles. The second-order valence-corrected chi connectivity index (χ2v) is 5.75. The zero-order valence-electron chi connectivity index (χ0n) is 11.7. The second kappa shape index (κ2) is 6.40. The van der Waals surface area contributed by atoms with Crippen LogP contribution in [0.2, 0.25) is 0 Å². The van der Waals surface area contributed by atoms with Crippen molar-refractivity contribution in [3.63, 3.8) is 0 Å². The minimum Gasteiger partial charge on any atom is -0.459 e. The highest BCUT2D eigenvalue weighted by molar-refractivity contribution is 9.10. The topological polar surface area (TPSA) is 25.2 Å². The second-order valence-electron chi connectivity index (χ2n) is 4.84. The van der Waals surface area contributed by atoms with Gasteiger partial charge >= 0.3 is 0 Å². The van der Waals surface area contributed by atoms with Crippen molar-refractivity contribution in [2.24, 2.45) is 0 Å². The minimum atomic E-state index is 0.254. The summed E-state index contributed by atoms with van der Waals surface area (Å²) < 4.78 is 7.07. The Morgan fingerprint density at radius 2 is 2.05 bits per heavy atom. The largest absolute Gasteiger partial charge is 0.459 e. The predicted octanol–water partition coefficient (Wildman–Crippen LogP) is 5.08. The fourth-order valence-electron chi connectivity index (χ4n) is 2.10. The molecular weight excluding hydrogens is 302 g/mol. The molecule has 1 atom stereocenters. The van der Waals surface area contributed by atoms with Crippen LogP contribution >= 0.6 is 15.9 Å². The van der Waals surface area contributed by atoms with Crippen LogP contribution in [-0.2, 0) is 0 Å². The molecule has 1 aromatic carbocycles. The van der Waals surface area contributed by atoms with Gasteiger partial charge in [0.1, 0.15) is 11.5 Å². The monoisotopic (exact) mass is 321 g/mol. The van der Waals surface area contributed by atoms with E-state index in [1.807, 2.05) is 6.07 Å². The summed E-state index contributed by atoms with van der Waals surface area (Å²) in [6.07, 6.45) is 1.13. The molecule has 1 N–H and O–H groups in total. The smallest absolute Gasteiger partial charge is 0.134 e. The molecule has 2 rings (SSSR count). The molecule has 102 valence electrons. The van der Waals surface area contributed by atoms with Crippen molar-refractivity contribution in [2.75, 3.05) is 6.54 Å². The summed E-state index contributed by atoms with van der Waals surface area (Å²) in [6, 6.07) is 10.6. The van der Waals surface area contributed by atoms with E-state index in [1.165, 1.54) is 5.56 Å². The van der Waals surface area contributed by atoms with Crippen molar-refractivity contribution in [2.45, 2.75) is 33.2 Å². The van der Waals surface area contributed by atoms with Gasteiger partial charge in [-0.2, -0.15) is 0 Å². The lowest BCUT2D eigenvalue weighted by Gasteiger charge is -2.10. The molecule has 0 saturated heterocycles. The van der Waals surface area contributed by atoms with E-state index in [0.29, 0.717) is 0 Å². The van der Waals surface area contributed by atoms with Gasteiger partial charge in [-0.15, -0.1) is 0 Å². The fraction of sp³-hybridized carbons (Fsp3) is 0.375. The first-order chi connectivity index (χ1) is 9.11. The van der Waals surface area contributed by atoms with E-state index in [0.717, 1.165) is 34.5 Å². The van der Waals surface area contributed by atoms with Crippen molar-refractivity contribution in [1.82, 2.24) is 5.32 Å².